The number of nitrogens with zero attached hydrogens (tertiary/aromatic N) is 10. The Balaban J connectivity index is 0.000000226. The van der Waals surface area contributed by atoms with Gasteiger partial charge in [0.15, 0.2) is 5.04 Å². The summed E-state index contributed by atoms with van der Waals surface area (Å²) in [6, 6.07) is 14.2. The van der Waals surface area contributed by atoms with Crippen molar-refractivity contribution in [1.29, 1.82) is 0 Å². The summed E-state index contributed by atoms with van der Waals surface area (Å²) in [6.07, 6.45) is 11.8. The Morgan fingerprint density at radius 3 is 1.68 bits per heavy atom. The lowest BCUT2D eigenvalue weighted by atomic mass is 9.95. The lowest BCUT2D eigenvalue weighted by molar-refractivity contribution is 0.0723. The SMILES string of the molecule is CN(C)C1CCCCC1.COc1cc(-c2cc(F)cc(C(C)C)c2OC2=NN=C(S(=O)(=O)N3CCC(N(C)C)CC3)C2)ccn1.COc1cc(-c2cc(F)cc(C(C)C)c2Oc2nc(S(=O)(=O)Cl)nn2COCC[Si](C)(C)C)ccn1. The standard InChI is InChI=1S/C25H32FN5O4S.C23H30ClFN4O5SSi.C8H17N/c1-16(2)20-13-18(26)14-21(17-6-9-27-22(12-17)34-5)25(20)35-23-15-24(29-28-23)36(32,33)31-10-7-19(8-11-31)30(3)4;1-15(2)18-12-17(25)13-19(16-7-8-26-20(11-16)32-3)21(18)34-23-27-22(35(24,30)31)28-29(23)14-33-9-10-36(4,5)6;1-9(2)8-6-4-3-5-7-8/h6,9,12-14,16,19H,7-8,10-11,15H2,1-5H3;7-8,11-13,15H,9-10,14H2,1-6H3;8H,3-7H2,1-2H3. The van der Waals surface area contributed by atoms with Crippen molar-refractivity contribution in [2.45, 2.75) is 141 Å². The minimum absolute atomic E-state index is 0.0406. The quantitative estimate of drug-likeness (QED) is 0.0454. The van der Waals surface area contributed by atoms with Crippen LogP contribution in [-0.4, -0.2) is 149 Å². The summed E-state index contributed by atoms with van der Waals surface area (Å²) in [6.45, 7) is 15.5. The van der Waals surface area contributed by atoms with Crippen LogP contribution < -0.4 is 18.9 Å². The first-order valence-corrected chi connectivity index (χ1v) is 34.6. The zero-order valence-corrected chi connectivity index (χ0v) is 52.3. The molecule has 2 aromatic carbocycles. The van der Waals surface area contributed by atoms with E-state index in [1.54, 1.807) is 30.5 Å². The van der Waals surface area contributed by atoms with Crippen molar-refractivity contribution in [3.63, 3.8) is 0 Å². The van der Waals surface area contributed by atoms with Gasteiger partial charge in [-0.05, 0) is 119 Å². The molecule has 0 amide bonds. The monoisotopic (exact) mass is 1200 g/mol. The molecule has 1 saturated heterocycles. The van der Waals surface area contributed by atoms with E-state index in [4.69, 9.17) is 34.4 Å². The van der Waals surface area contributed by atoms with E-state index in [-0.39, 0.29) is 47.7 Å². The number of sulfonamides is 1. The predicted molar refractivity (Wildman–Crippen MR) is 316 cm³/mol. The summed E-state index contributed by atoms with van der Waals surface area (Å²) in [7, 11) is 7.54. The molecule has 1 aliphatic carbocycles. The molecule has 5 aromatic rings. The van der Waals surface area contributed by atoms with Crippen molar-refractivity contribution >= 4 is 48.8 Å². The first kappa shape index (κ1) is 64.7. The number of piperidine rings is 1. The van der Waals surface area contributed by atoms with Crippen molar-refractivity contribution in [2.24, 2.45) is 10.2 Å². The van der Waals surface area contributed by atoms with Gasteiger partial charge in [0, 0.05) is 97.3 Å². The second kappa shape index (κ2) is 28.7. The van der Waals surface area contributed by atoms with E-state index in [0.717, 1.165) is 24.9 Å². The van der Waals surface area contributed by atoms with Gasteiger partial charge in [-0.15, -0.1) is 15.3 Å². The average Bonchev–Trinajstić information content (AvgIpc) is 4.21. The topological polar surface area (TPSA) is 205 Å². The van der Waals surface area contributed by atoms with Crippen molar-refractivity contribution in [2.75, 3.05) is 62.1 Å². The summed E-state index contributed by atoms with van der Waals surface area (Å²) >= 11 is 0. The second-order valence-corrected chi connectivity index (χ2v) is 32.4. The van der Waals surface area contributed by atoms with E-state index in [9.17, 15) is 25.6 Å². The van der Waals surface area contributed by atoms with Crippen LogP contribution in [0, 0.1) is 11.6 Å². The second-order valence-electron chi connectivity index (χ2n) is 22.4. The van der Waals surface area contributed by atoms with Gasteiger partial charge in [0.2, 0.25) is 17.7 Å². The number of ether oxygens (including phenoxy) is 5. The largest absolute Gasteiger partial charge is 0.481 e. The van der Waals surface area contributed by atoms with E-state index in [0.29, 0.717) is 76.6 Å². The third kappa shape index (κ3) is 18.0. The Kier molecular flexibility index (Phi) is 22.9. The van der Waals surface area contributed by atoms with Gasteiger partial charge in [-0.3, -0.25) is 0 Å². The minimum atomic E-state index is -4.24. The van der Waals surface area contributed by atoms with Crippen molar-refractivity contribution in [3.8, 4) is 51.5 Å². The number of benzene rings is 2. The minimum Gasteiger partial charge on any atom is -0.481 e. The molecular weight excluding hydrogens is 1120 g/mol. The highest BCUT2D eigenvalue weighted by molar-refractivity contribution is 8.13. The zero-order chi connectivity index (χ0) is 59.4. The van der Waals surface area contributed by atoms with Crippen molar-refractivity contribution < 1.29 is 49.3 Å². The summed E-state index contributed by atoms with van der Waals surface area (Å²) in [5, 5.41) is 11.3. The first-order valence-electron chi connectivity index (χ1n) is 27.2. The van der Waals surface area contributed by atoms with Crippen LogP contribution >= 0.6 is 10.7 Å². The Labute approximate surface area is 482 Å². The van der Waals surface area contributed by atoms with Crippen molar-refractivity contribution in [1.82, 2.24) is 38.8 Å². The molecule has 2 fully saturated rings. The molecule has 0 unspecified atom stereocenters. The number of hydrogen-bond donors (Lipinski definition) is 0. The van der Waals surface area contributed by atoms with E-state index in [2.05, 4.69) is 73.8 Å². The fourth-order valence-electron chi connectivity index (χ4n) is 9.29. The highest BCUT2D eigenvalue weighted by Crippen LogP contribution is 2.42. The van der Waals surface area contributed by atoms with Crippen LogP contribution in [0.5, 0.6) is 29.3 Å². The summed E-state index contributed by atoms with van der Waals surface area (Å²) < 4.78 is 111. The van der Waals surface area contributed by atoms with Crippen LogP contribution in [0.3, 0.4) is 0 Å². The van der Waals surface area contributed by atoms with Crippen LogP contribution in [0.15, 0.2) is 76.3 Å². The molecule has 0 radical (unpaired) electrons. The van der Waals surface area contributed by atoms with Gasteiger partial charge in [-0.25, -0.2) is 35.6 Å². The fourth-order valence-corrected chi connectivity index (χ4v) is 12.1. The molecule has 5 heterocycles. The van der Waals surface area contributed by atoms with E-state index in [1.165, 1.54) is 85.8 Å². The lowest BCUT2D eigenvalue weighted by Crippen LogP contribution is -2.46. The van der Waals surface area contributed by atoms with Gasteiger partial charge in [-0.1, -0.05) is 66.6 Å². The van der Waals surface area contributed by atoms with Gasteiger partial charge in [-0.2, -0.15) is 14.0 Å². The van der Waals surface area contributed by atoms with E-state index < -0.39 is 43.9 Å². The fraction of sp³-hybridized carbons (Fsp3) is 0.536. The van der Waals surface area contributed by atoms with E-state index >= 15 is 0 Å². The van der Waals surface area contributed by atoms with Gasteiger partial charge >= 0.3 is 6.01 Å². The third-order valence-electron chi connectivity index (χ3n) is 14.1. The third-order valence-corrected chi connectivity index (χ3v) is 18.6. The summed E-state index contributed by atoms with van der Waals surface area (Å²) in [5.74, 6) is 0.467. The highest BCUT2D eigenvalue weighted by Gasteiger charge is 2.36. The smallest absolute Gasteiger partial charge is 0.323 e. The maximum atomic E-state index is 14.7. The van der Waals surface area contributed by atoms with Crippen LogP contribution in [0.4, 0.5) is 8.78 Å². The molecule has 1 saturated carbocycles. The molecule has 19 nitrogen and oxygen atoms in total. The molecule has 81 heavy (non-hydrogen) atoms. The van der Waals surface area contributed by atoms with Gasteiger partial charge in [0.1, 0.15) is 29.9 Å². The maximum absolute atomic E-state index is 14.7. The van der Waals surface area contributed by atoms with Crippen LogP contribution in [0.25, 0.3) is 22.3 Å². The van der Waals surface area contributed by atoms with Crippen LogP contribution in [-0.2, 0) is 30.5 Å². The normalized spacial score (nSPS) is 15.8. The molecule has 0 bridgehead atoms. The number of halogens is 3. The number of hydrogen-bond acceptors (Lipinski definition) is 17. The number of pyridine rings is 2. The Morgan fingerprint density at radius 1 is 0.716 bits per heavy atom. The summed E-state index contributed by atoms with van der Waals surface area (Å²) in [4.78, 5) is 16.7. The predicted octanol–water partition coefficient (Wildman–Crippen LogP) is 11.4. The molecule has 0 spiro atoms. The molecular formula is C56H79ClF2N10O9S2Si. The maximum Gasteiger partial charge on any atom is 0.323 e. The lowest BCUT2D eigenvalue weighted by Gasteiger charge is -2.34. The average molecular weight is 1200 g/mol. The molecule has 0 atom stereocenters. The van der Waals surface area contributed by atoms with Gasteiger partial charge in [0.25, 0.3) is 24.2 Å². The first-order chi connectivity index (χ1) is 38.2. The van der Waals surface area contributed by atoms with Crippen LogP contribution in [0.2, 0.25) is 25.7 Å². The number of rotatable bonds is 18. The Morgan fingerprint density at radius 2 is 1.22 bits per heavy atom. The molecule has 3 aliphatic rings. The van der Waals surface area contributed by atoms with Gasteiger partial charge < -0.3 is 33.5 Å². The van der Waals surface area contributed by atoms with Crippen molar-refractivity contribution in [3.05, 3.63) is 83.7 Å². The Bertz CT molecular complexity index is 3220. The number of methoxy groups -OCH3 is 2. The van der Waals surface area contributed by atoms with E-state index in [1.807, 2.05) is 41.8 Å². The summed E-state index contributed by atoms with van der Waals surface area (Å²) in [5.41, 5.74) is 3.30. The zero-order valence-electron chi connectivity index (χ0n) is 48.9. The molecule has 25 heteroatoms. The van der Waals surface area contributed by atoms with Gasteiger partial charge in [0.05, 0.1) is 20.6 Å². The molecule has 0 N–H and O–H groups in total. The Hall–Kier alpha value is -5.47. The highest BCUT2D eigenvalue weighted by atomic mass is 35.7. The van der Waals surface area contributed by atoms with Crippen LogP contribution in [0.1, 0.15) is 102 Å². The molecule has 8 rings (SSSR count). The molecule has 2 aliphatic heterocycles. The molecule has 3 aromatic heterocycles. The molecule has 444 valence electrons. The number of aromatic nitrogens is 5.